The molecule has 1 aliphatic heterocycles. The number of morpholine rings is 1. The molecule has 0 bridgehead atoms. The minimum absolute atomic E-state index is 0.330. The molecule has 0 radical (unpaired) electrons. The molecule has 2 aromatic rings. The molecule has 0 spiro atoms. The Morgan fingerprint density at radius 1 is 1.17 bits per heavy atom. The number of rotatable bonds is 4. The number of nitrogens with two attached hydrogens (primary N) is 1. The summed E-state index contributed by atoms with van der Waals surface area (Å²) in [6.07, 6.45) is 3.90. The molecule has 1 saturated heterocycles. The third-order valence-electron chi connectivity index (χ3n) is 5.82. The lowest BCUT2D eigenvalue weighted by atomic mass is 9.96. The second-order valence-corrected chi connectivity index (χ2v) is 7.86. The van der Waals surface area contributed by atoms with E-state index in [4.69, 9.17) is 10.5 Å². The van der Waals surface area contributed by atoms with Crippen molar-refractivity contribution in [2.75, 3.05) is 32.0 Å². The van der Waals surface area contributed by atoms with Gasteiger partial charge in [0, 0.05) is 55.1 Å². The molecule has 9 heteroatoms. The summed E-state index contributed by atoms with van der Waals surface area (Å²) in [4.78, 5) is 10.8. The Morgan fingerprint density at radius 3 is 2.55 bits per heavy atom. The van der Waals surface area contributed by atoms with Crippen LogP contribution in [0.4, 0.5) is 19.0 Å². The summed E-state index contributed by atoms with van der Waals surface area (Å²) >= 11 is 0. The van der Waals surface area contributed by atoms with Crippen molar-refractivity contribution in [3.8, 4) is 11.3 Å². The van der Waals surface area contributed by atoms with Gasteiger partial charge >= 0.3 is 6.18 Å². The molecule has 1 unspecified atom stereocenters. The van der Waals surface area contributed by atoms with Crippen LogP contribution in [0.25, 0.3) is 17.0 Å². The largest absolute Gasteiger partial charge is 0.419 e. The second kappa shape index (κ2) is 6.84. The summed E-state index contributed by atoms with van der Waals surface area (Å²) in [6.45, 7) is 3.37. The van der Waals surface area contributed by atoms with Gasteiger partial charge in [-0.3, -0.25) is 4.90 Å². The van der Waals surface area contributed by atoms with Crippen LogP contribution in [0, 0.1) is 0 Å². The number of nitrogens with zero attached hydrogens (tertiary/aromatic N) is 4. The van der Waals surface area contributed by atoms with Crippen LogP contribution in [-0.2, 0) is 10.9 Å². The molecule has 2 fully saturated rings. The Kier molecular flexibility index (Phi) is 4.40. The van der Waals surface area contributed by atoms with Crippen molar-refractivity contribution in [3.05, 3.63) is 35.9 Å². The number of ether oxygens (including phenoxy) is 1. The first-order valence-electron chi connectivity index (χ1n) is 9.85. The summed E-state index contributed by atoms with van der Waals surface area (Å²) in [5, 5.41) is 0. The van der Waals surface area contributed by atoms with Gasteiger partial charge in [-0.2, -0.15) is 13.2 Å². The number of hydrogen-bond donors (Lipinski definition) is 1. The molecule has 2 aromatic heterocycles. The Balaban J connectivity index is 1.45. The third kappa shape index (κ3) is 3.53. The van der Waals surface area contributed by atoms with Crippen LogP contribution in [0.5, 0.6) is 0 Å². The van der Waals surface area contributed by atoms with E-state index in [1.807, 2.05) is 6.20 Å². The highest BCUT2D eigenvalue weighted by Crippen LogP contribution is 2.43. The van der Waals surface area contributed by atoms with Crippen molar-refractivity contribution in [2.45, 2.75) is 37.4 Å². The number of pyridine rings is 1. The quantitative estimate of drug-likeness (QED) is 0.845. The molecule has 2 aliphatic carbocycles. The smallest absolute Gasteiger partial charge is 0.383 e. The molecule has 0 amide bonds. The predicted molar refractivity (Wildman–Crippen MR) is 102 cm³/mol. The topological polar surface area (TPSA) is 69.2 Å². The lowest BCUT2D eigenvalue weighted by Gasteiger charge is -2.38. The highest BCUT2D eigenvalue weighted by Gasteiger charge is 2.36. The fourth-order valence-corrected chi connectivity index (χ4v) is 3.96. The van der Waals surface area contributed by atoms with E-state index in [2.05, 4.69) is 25.5 Å². The summed E-state index contributed by atoms with van der Waals surface area (Å²) < 4.78 is 47.1. The molecular formula is C20H22F3N5O. The monoisotopic (exact) mass is 405 g/mol. The normalized spacial score (nSPS) is 23.0. The third-order valence-corrected chi connectivity index (χ3v) is 5.82. The number of hydrogen-bond acceptors (Lipinski definition) is 5. The van der Waals surface area contributed by atoms with Crippen LogP contribution in [-0.4, -0.2) is 51.8 Å². The minimum atomic E-state index is -4.54. The van der Waals surface area contributed by atoms with Crippen molar-refractivity contribution < 1.29 is 17.9 Å². The van der Waals surface area contributed by atoms with Crippen molar-refractivity contribution in [2.24, 2.45) is 0 Å². The fraction of sp³-hybridized carbons (Fsp3) is 0.500. The number of alkyl halides is 3. The van der Waals surface area contributed by atoms with Crippen molar-refractivity contribution >= 4 is 11.5 Å². The molecule has 6 nitrogen and oxygen atoms in total. The number of aromatic nitrogens is 3. The van der Waals surface area contributed by atoms with Crippen LogP contribution in [0.2, 0.25) is 0 Å². The highest BCUT2D eigenvalue weighted by molar-refractivity contribution is 5.65. The zero-order valence-electron chi connectivity index (χ0n) is 15.8. The standard InChI is InChI=1S/C20H22F3N5O/c21-20(22,23)16-7-13(10-25-18(16)24)17-11-28(19(26-17)12-1-2-12)15-8-14(9-15)27-3-5-29-6-4-27/h7-8,10-12,14H,1-6,9H2,(H2,24,25). The van der Waals surface area contributed by atoms with Gasteiger partial charge in [0.15, 0.2) is 0 Å². The molecule has 1 atom stereocenters. The molecule has 1 saturated carbocycles. The first kappa shape index (κ1) is 18.6. The summed E-state index contributed by atoms with van der Waals surface area (Å²) in [6, 6.07) is 1.43. The molecular weight excluding hydrogens is 383 g/mol. The van der Waals surface area contributed by atoms with E-state index < -0.39 is 17.6 Å². The van der Waals surface area contributed by atoms with Gasteiger partial charge in [0.2, 0.25) is 0 Å². The zero-order valence-corrected chi connectivity index (χ0v) is 15.8. The molecule has 2 N–H and O–H groups in total. The number of imidazole rings is 1. The molecule has 5 rings (SSSR count). The first-order valence-corrected chi connectivity index (χ1v) is 9.85. The summed E-state index contributed by atoms with van der Waals surface area (Å²) in [7, 11) is 0. The highest BCUT2D eigenvalue weighted by atomic mass is 19.4. The van der Waals surface area contributed by atoms with Crippen molar-refractivity contribution in [3.63, 3.8) is 0 Å². The molecule has 0 aromatic carbocycles. The minimum Gasteiger partial charge on any atom is -0.383 e. The van der Waals surface area contributed by atoms with Gasteiger partial charge in [0.05, 0.1) is 24.5 Å². The molecule has 29 heavy (non-hydrogen) atoms. The van der Waals surface area contributed by atoms with Crippen LogP contribution < -0.4 is 5.73 Å². The van der Waals surface area contributed by atoms with Gasteiger partial charge in [-0.15, -0.1) is 0 Å². The van der Waals surface area contributed by atoms with Crippen LogP contribution in [0.1, 0.15) is 36.6 Å². The molecule has 3 aliphatic rings. The summed E-state index contributed by atoms with van der Waals surface area (Å²) in [5.41, 5.74) is 6.49. The van der Waals surface area contributed by atoms with Gasteiger partial charge in [-0.25, -0.2) is 9.97 Å². The lowest BCUT2D eigenvalue weighted by molar-refractivity contribution is -0.137. The lowest BCUT2D eigenvalue weighted by Crippen LogP contribution is -2.45. The summed E-state index contributed by atoms with van der Waals surface area (Å²) in [5.74, 6) is 0.783. The van der Waals surface area contributed by atoms with Crippen LogP contribution in [0.3, 0.4) is 0 Å². The Labute approximate surface area is 166 Å². The van der Waals surface area contributed by atoms with Gasteiger partial charge in [0.1, 0.15) is 11.6 Å². The van der Waals surface area contributed by atoms with Crippen molar-refractivity contribution in [1.29, 1.82) is 0 Å². The van der Waals surface area contributed by atoms with Gasteiger partial charge in [-0.05, 0) is 25.0 Å². The maximum Gasteiger partial charge on any atom is 0.419 e. The maximum absolute atomic E-state index is 13.2. The maximum atomic E-state index is 13.2. The van der Waals surface area contributed by atoms with Gasteiger partial charge < -0.3 is 15.0 Å². The fourth-order valence-electron chi connectivity index (χ4n) is 3.96. The molecule has 154 valence electrons. The average molecular weight is 405 g/mol. The number of nitrogen functional groups attached to an aromatic ring is 1. The average Bonchev–Trinajstić information content (AvgIpc) is 3.41. The van der Waals surface area contributed by atoms with Crippen molar-refractivity contribution in [1.82, 2.24) is 19.4 Å². The van der Waals surface area contributed by atoms with E-state index in [0.29, 0.717) is 23.2 Å². The van der Waals surface area contributed by atoms with Gasteiger partial charge in [0.25, 0.3) is 0 Å². The van der Waals surface area contributed by atoms with E-state index in [0.717, 1.165) is 63.2 Å². The van der Waals surface area contributed by atoms with E-state index in [1.165, 1.54) is 6.20 Å². The van der Waals surface area contributed by atoms with Crippen LogP contribution >= 0.6 is 0 Å². The van der Waals surface area contributed by atoms with Gasteiger partial charge in [-0.1, -0.05) is 0 Å². The second-order valence-electron chi connectivity index (χ2n) is 7.86. The Morgan fingerprint density at radius 2 is 1.90 bits per heavy atom. The number of anilines is 1. The Hall–Kier alpha value is -2.39. The van der Waals surface area contributed by atoms with E-state index in [1.54, 1.807) is 0 Å². The predicted octanol–water partition coefficient (Wildman–Crippen LogP) is 3.37. The first-order chi connectivity index (χ1) is 13.9. The number of halogens is 3. The molecule has 3 heterocycles. The van der Waals surface area contributed by atoms with E-state index in [9.17, 15) is 13.2 Å². The van der Waals surface area contributed by atoms with Crippen LogP contribution in [0.15, 0.2) is 24.5 Å². The Bertz CT molecular complexity index is 958. The SMILES string of the molecule is Nc1ncc(-c2cn(C3=CC(N4CCOCC4)C3)c(C3CC3)n2)cc1C(F)(F)F. The van der Waals surface area contributed by atoms with E-state index >= 15 is 0 Å². The van der Waals surface area contributed by atoms with E-state index in [-0.39, 0.29) is 0 Å². The zero-order chi connectivity index (χ0) is 20.2.